The van der Waals surface area contributed by atoms with Crippen LogP contribution in [0.2, 0.25) is 0 Å². The number of rotatable bonds is 6. The Bertz CT molecular complexity index is 439. The molecule has 1 fully saturated rings. The molecule has 0 aromatic heterocycles. The average molecular weight is 290 g/mol. The van der Waals surface area contributed by atoms with Crippen LogP contribution in [0.1, 0.15) is 39.0 Å². The van der Waals surface area contributed by atoms with Gasteiger partial charge < -0.3 is 15.7 Å². The summed E-state index contributed by atoms with van der Waals surface area (Å²) in [6, 6.07) is 9.64. The highest BCUT2D eigenvalue weighted by Crippen LogP contribution is 2.33. The number of carbonyl (C=O) groups is 1. The van der Waals surface area contributed by atoms with Gasteiger partial charge in [0.25, 0.3) is 0 Å². The van der Waals surface area contributed by atoms with E-state index in [1.54, 1.807) is 0 Å². The number of para-hydroxylation sites is 1. The zero-order chi connectivity index (χ0) is 15.1. The fourth-order valence-corrected chi connectivity index (χ4v) is 2.86. The van der Waals surface area contributed by atoms with E-state index in [-0.39, 0.29) is 12.5 Å². The van der Waals surface area contributed by atoms with Gasteiger partial charge in [-0.05, 0) is 43.7 Å². The number of anilines is 1. The highest BCUT2D eigenvalue weighted by molar-refractivity contribution is 5.80. The third-order valence-electron chi connectivity index (χ3n) is 4.45. The molecule has 0 radical (unpaired) electrons. The number of nitrogens with one attached hydrogen (secondary N) is 2. The minimum Gasteiger partial charge on any atom is -0.388 e. The molecule has 1 amide bonds. The van der Waals surface area contributed by atoms with Crippen molar-refractivity contribution < 1.29 is 9.90 Å². The molecule has 0 atom stereocenters. The third-order valence-corrected chi connectivity index (χ3v) is 4.45. The van der Waals surface area contributed by atoms with E-state index in [4.69, 9.17) is 0 Å². The van der Waals surface area contributed by atoms with Gasteiger partial charge >= 0.3 is 0 Å². The quantitative estimate of drug-likeness (QED) is 0.754. The molecule has 2 rings (SSSR count). The van der Waals surface area contributed by atoms with Crippen LogP contribution in [-0.4, -0.2) is 29.7 Å². The Morgan fingerprint density at radius 2 is 1.95 bits per heavy atom. The van der Waals surface area contributed by atoms with E-state index in [9.17, 15) is 9.90 Å². The number of amides is 1. The Labute approximate surface area is 126 Å². The maximum absolute atomic E-state index is 11.8. The van der Waals surface area contributed by atoms with Gasteiger partial charge in [-0.15, -0.1) is 0 Å². The van der Waals surface area contributed by atoms with Crippen LogP contribution >= 0.6 is 0 Å². The molecule has 1 saturated carbocycles. The molecule has 0 spiro atoms. The molecular formula is C17H26N2O2. The monoisotopic (exact) mass is 290 g/mol. The predicted molar refractivity (Wildman–Crippen MR) is 85.1 cm³/mol. The fourth-order valence-electron chi connectivity index (χ4n) is 2.86. The zero-order valence-electron chi connectivity index (χ0n) is 12.8. The van der Waals surface area contributed by atoms with Crippen LogP contribution < -0.4 is 10.6 Å². The number of hydrogen-bond acceptors (Lipinski definition) is 3. The van der Waals surface area contributed by atoms with Gasteiger partial charge in [-0.2, -0.15) is 0 Å². The Kier molecular flexibility index (Phi) is 5.62. The molecule has 0 aliphatic heterocycles. The zero-order valence-corrected chi connectivity index (χ0v) is 12.8. The van der Waals surface area contributed by atoms with Gasteiger partial charge in [-0.25, -0.2) is 0 Å². The molecular weight excluding hydrogens is 264 g/mol. The Balaban J connectivity index is 1.69. The van der Waals surface area contributed by atoms with Crippen molar-refractivity contribution in [3.63, 3.8) is 0 Å². The topological polar surface area (TPSA) is 61.4 Å². The minimum absolute atomic E-state index is 0.0788. The summed E-state index contributed by atoms with van der Waals surface area (Å²) in [5.74, 6) is 0.658. The van der Waals surface area contributed by atoms with Gasteiger partial charge in [0.1, 0.15) is 0 Å². The number of hydrogen-bond donors (Lipinski definition) is 3. The van der Waals surface area contributed by atoms with Crippen LogP contribution in [0.25, 0.3) is 0 Å². The molecule has 4 nitrogen and oxygen atoms in total. The van der Waals surface area contributed by atoms with E-state index in [1.807, 2.05) is 30.3 Å². The number of aliphatic hydroxyl groups is 1. The van der Waals surface area contributed by atoms with Crippen LogP contribution in [0.15, 0.2) is 30.3 Å². The Morgan fingerprint density at radius 1 is 1.29 bits per heavy atom. The van der Waals surface area contributed by atoms with Crippen molar-refractivity contribution in [1.29, 1.82) is 0 Å². The predicted octanol–water partition coefficient (Wildman–Crippen LogP) is 2.55. The molecule has 1 aromatic rings. The minimum atomic E-state index is -0.714. The molecule has 0 heterocycles. The van der Waals surface area contributed by atoms with E-state index in [0.717, 1.165) is 37.3 Å². The molecule has 3 N–H and O–H groups in total. The van der Waals surface area contributed by atoms with Crippen molar-refractivity contribution in [3.05, 3.63) is 30.3 Å². The number of benzene rings is 1. The van der Waals surface area contributed by atoms with Gasteiger partial charge in [0.05, 0.1) is 12.1 Å². The molecule has 0 saturated heterocycles. The van der Waals surface area contributed by atoms with Crippen molar-refractivity contribution in [2.75, 3.05) is 18.4 Å². The standard InChI is InChI=1S/C17H26N2O2/c1-2-14-8-10-17(21,11-9-14)13-19-16(20)12-18-15-6-4-3-5-7-15/h3-7,14,18,21H,2,8-13H2,1H3,(H,19,20). The number of carbonyl (C=O) groups excluding carboxylic acids is 1. The van der Waals surface area contributed by atoms with Crippen LogP contribution in [0, 0.1) is 5.92 Å². The van der Waals surface area contributed by atoms with E-state index >= 15 is 0 Å². The Morgan fingerprint density at radius 3 is 2.57 bits per heavy atom. The summed E-state index contributed by atoms with van der Waals surface area (Å²) < 4.78 is 0. The van der Waals surface area contributed by atoms with Gasteiger partial charge in [0, 0.05) is 12.2 Å². The lowest BCUT2D eigenvalue weighted by molar-refractivity contribution is -0.121. The largest absolute Gasteiger partial charge is 0.388 e. The lowest BCUT2D eigenvalue weighted by atomic mass is 9.78. The van der Waals surface area contributed by atoms with Crippen molar-refractivity contribution in [3.8, 4) is 0 Å². The SMILES string of the molecule is CCC1CCC(O)(CNC(=O)CNc2ccccc2)CC1. The second-order valence-corrected chi connectivity index (χ2v) is 6.07. The molecule has 1 aromatic carbocycles. The normalized spacial score (nSPS) is 25.3. The van der Waals surface area contributed by atoms with Crippen LogP contribution in [0.3, 0.4) is 0 Å². The van der Waals surface area contributed by atoms with Gasteiger partial charge in [0.2, 0.25) is 5.91 Å². The highest BCUT2D eigenvalue weighted by Gasteiger charge is 2.32. The van der Waals surface area contributed by atoms with Crippen molar-refractivity contribution in [1.82, 2.24) is 5.32 Å². The Hall–Kier alpha value is -1.55. The summed E-state index contributed by atoms with van der Waals surface area (Å²) in [7, 11) is 0. The molecule has 1 aliphatic carbocycles. The summed E-state index contributed by atoms with van der Waals surface area (Å²) in [6.45, 7) is 2.79. The summed E-state index contributed by atoms with van der Waals surface area (Å²) in [6.07, 6.45) is 4.88. The first-order chi connectivity index (χ1) is 10.1. The van der Waals surface area contributed by atoms with Crippen molar-refractivity contribution in [2.45, 2.75) is 44.6 Å². The summed E-state index contributed by atoms with van der Waals surface area (Å²) in [5.41, 5.74) is 0.212. The fraction of sp³-hybridized carbons (Fsp3) is 0.588. The van der Waals surface area contributed by atoms with E-state index in [2.05, 4.69) is 17.6 Å². The van der Waals surface area contributed by atoms with Crippen molar-refractivity contribution >= 4 is 11.6 Å². The van der Waals surface area contributed by atoms with E-state index in [1.165, 1.54) is 6.42 Å². The third kappa shape index (κ3) is 5.05. The van der Waals surface area contributed by atoms with Crippen molar-refractivity contribution in [2.24, 2.45) is 5.92 Å². The lowest BCUT2D eigenvalue weighted by Gasteiger charge is -2.35. The highest BCUT2D eigenvalue weighted by atomic mass is 16.3. The van der Waals surface area contributed by atoms with E-state index < -0.39 is 5.60 Å². The molecule has 1 aliphatic rings. The molecule has 21 heavy (non-hydrogen) atoms. The first-order valence-corrected chi connectivity index (χ1v) is 7.89. The molecule has 0 bridgehead atoms. The smallest absolute Gasteiger partial charge is 0.239 e. The second kappa shape index (κ2) is 7.46. The van der Waals surface area contributed by atoms with E-state index in [0.29, 0.717) is 6.54 Å². The summed E-state index contributed by atoms with van der Waals surface area (Å²) in [5, 5.41) is 16.4. The van der Waals surface area contributed by atoms with Crippen LogP contribution in [-0.2, 0) is 4.79 Å². The van der Waals surface area contributed by atoms with Gasteiger partial charge in [0.15, 0.2) is 0 Å². The molecule has 4 heteroatoms. The van der Waals surface area contributed by atoms with Crippen LogP contribution in [0.4, 0.5) is 5.69 Å². The first-order valence-electron chi connectivity index (χ1n) is 7.89. The maximum atomic E-state index is 11.8. The first kappa shape index (κ1) is 15.8. The lowest BCUT2D eigenvalue weighted by Crippen LogP contribution is -2.46. The molecule has 0 unspecified atom stereocenters. The summed E-state index contributed by atoms with van der Waals surface area (Å²) in [4.78, 5) is 11.8. The van der Waals surface area contributed by atoms with Gasteiger partial charge in [-0.1, -0.05) is 31.5 Å². The summed E-state index contributed by atoms with van der Waals surface area (Å²) >= 11 is 0. The average Bonchev–Trinajstić information content (AvgIpc) is 2.53. The maximum Gasteiger partial charge on any atom is 0.239 e. The van der Waals surface area contributed by atoms with Crippen LogP contribution in [0.5, 0.6) is 0 Å². The van der Waals surface area contributed by atoms with Gasteiger partial charge in [-0.3, -0.25) is 4.79 Å². The second-order valence-electron chi connectivity index (χ2n) is 6.07. The molecule has 116 valence electrons.